The van der Waals surface area contributed by atoms with Gasteiger partial charge in [-0.15, -0.1) is 0 Å². The first kappa shape index (κ1) is 23.7. The molecule has 34 heavy (non-hydrogen) atoms. The van der Waals surface area contributed by atoms with Gasteiger partial charge in [-0.05, 0) is 77.3 Å². The Hall–Kier alpha value is -3.42. The molecule has 0 aliphatic carbocycles. The topological polar surface area (TPSA) is 81.7 Å². The Morgan fingerprint density at radius 2 is 1.53 bits per heavy atom. The molecule has 1 aliphatic heterocycles. The molecule has 3 N–H and O–H groups in total. The summed E-state index contributed by atoms with van der Waals surface area (Å²) in [5, 5.41) is 17.0. The minimum Gasteiger partial charge on any atom is -0.480 e. The molecule has 0 aromatic heterocycles. The van der Waals surface area contributed by atoms with Gasteiger partial charge in [0.15, 0.2) is 5.11 Å². The quantitative estimate of drug-likeness (QED) is 0.372. The molecular weight excluding hydrogens is 470 g/mol. The summed E-state index contributed by atoms with van der Waals surface area (Å²) >= 11 is 11.3. The maximum atomic E-state index is 13.0. The summed E-state index contributed by atoms with van der Waals surface area (Å²) in [5.74, 6) is -1.41. The fraction of sp³-hybridized carbons (Fsp3) is 0.192. The van der Waals surface area contributed by atoms with Crippen LogP contribution in [0.2, 0.25) is 5.02 Å². The number of nitrogens with one attached hydrogen (secondary N) is 2. The zero-order valence-corrected chi connectivity index (χ0v) is 20.3. The number of thiocarbonyl (C=S) groups is 1. The first-order valence-corrected chi connectivity index (χ1v) is 11.6. The molecule has 1 unspecified atom stereocenters. The maximum Gasteiger partial charge on any atom is 0.326 e. The van der Waals surface area contributed by atoms with Gasteiger partial charge in [-0.2, -0.15) is 0 Å². The van der Waals surface area contributed by atoms with Gasteiger partial charge in [-0.1, -0.05) is 49.7 Å². The molecule has 0 bridgehead atoms. The number of carboxylic acid groups (broad SMARTS) is 1. The van der Waals surface area contributed by atoms with Crippen molar-refractivity contribution < 1.29 is 14.7 Å². The number of benzene rings is 3. The zero-order chi connectivity index (χ0) is 24.4. The fourth-order valence-electron chi connectivity index (χ4n) is 4.08. The third-order valence-corrected chi connectivity index (χ3v) is 6.20. The summed E-state index contributed by atoms with van der Waals surface area (Å²) in [5.41, 5.74) is 4.88. The van der Waals surface area contributed by atoms with Crippen molar-refractivity contribution in [2.45, 2.75) is 26.4 Å². The molecule has 3 aromatic rings. The SMILES string of the molecule is CC(C)C(C(=O)O)N1Cc2ccc(-c3ccc(NC(=S)Nc4ccc(Cl)cc4)cc3)cc2C1=O. The van der Waals surface area contributed by atoms with Crippen LogP contribution in [-0.2, 0) is 11.3 Å². The first-order chi connectivity index (χ1) is 16.2. The summed E-state index contributed by atoms with van der Waals surface area (Å²) in [6, 6.07) is 19.8. The van der Waals surface area contributed by atoms with E-state index in [1.165, 1.54) is 4.90 Å². The normalized spacial score (nSPS) is 13.5. The molecule has 1 aliphatic rings. The van der Waals surface area contributed by atoms with Gasteiger partial charge in [-0.25, -0.2) is 4.79 Å². The van der Waals surface area contributed by atoms with E-state index < -0.39 is 12.0 Å². The van der Waals surface area contributed by atoms with Crippen molar-refractivity contribution in [2.75, 3.05) is 10.6 Å². The standard InChI is InChI=1S/C26H24ClN3O3S/c1-15(2)23(25(32)33)30-14-18-4-3-17(13-22(18)24(30)31)16-5-9-20(10-6-16)28-26(34)29-21-11-7-19(27)8-12-21/h3-13,15,23H,14H2,1-2H3,(H,32,33)(H2,28,29,34). The molecule has 1 heterocycles. The Labute approximate surface area is 208 Å². The molecule has 4 rings (SSSR count). The van der Waals surface area contributed by atoms with Gasteiger partial charge in [0, 0.05) is 28.5 Å². The fourth-order valence-corrected chi connectivity index (χ4v) is 4.44. The number of rotatable bonds is 6. The van der Waals surface area contributed by atoms with E-state index >= 15 is 0 Å². The van der Waals surface area contributed by atoms with Gasteiger partial charge in [-0.3, -0.25) is 4.79 Å². The number of hydrogen-bond acceptors (Lipinski definition) is 3. The zero-order valence-electron chi connectivity index (χ0n) is 18.7. The van der Waals surface area contributed by atoms with Crippen molar-refractivity contribution in [3.8, 4) is 11.1 Å². The van der Waals surface area contributed by atoms with Gasteiger partial charge in [0.05, 0.1) is 0 Å². The lowest BCUT2D eigenvalue weighted by Gasteiger charge is -2.27. The van der Waals surface area contributed by atoms with Crippen LogP contribution in [0.5, 0.6) is 0 Å². The second-order valence-electron chi connectivity index (χ2n) is 8.50. The number of carboxylic acids is 1. The minimum atomic E-state index is -0.983. The Morgan fingerprint density at radius 3 is 2.09 bits per heavy atom. The summed E-state index contributed by atoms with van der Waals surface area (Å²) in [6.45, 7) is 3.93. The van der Waals surface area contributed by atoms with Gasteiger partial charge in [0.2, 0.25) is 0 Å². The van der Waals surface area contributed by atoms with Crippen LogP contribution < -0.4 is 10.6 Å². The van der Waals surface area contributed by atoms with Crippen LogP contribution in [0, 0.1) is 5.92 Å². The van der Waals surface area contributed by atoms with E-state index in [0.717, 1.165) is 28.1 Å². The Balaban J connectivity index is 1.46. The molecule has 174 valence electrons. The van der Waals surface area contributed by atoms with Crippen LogP contribution in [0.4, 0.5) is 11.4 Å². The molecule has 1 amide bonds. The number of nitrogens with zero attached hydrogens (tertiary/aromatic N) is 1. The van der Waals surface area contributed by atoms with Crippen LogP contribution in [-0.4, -0.2) is 33.0 Å². The summed E-state index contributed by atoms with van der Waals surface area (Å²) in [7, 11) is 0. The van der Waals surface area contributed by atoms with Crippen LogP contribution in [0.1, 0.15) is 29.8 Å². The number of amides is 1. The highest BCUT2D eigenvalue weighted by atomic mass is 35.5. The molecule has 3 aromatic carbocycles. The van der Waals surface area contributed by atoms with Crippen molar-refractivity contribution in [1.29, 1.82) is 0 Å². The van der Waals surface area contributed by atoms with Crippen molar-refractivity contribution in [3.63, 3.8) is 0 Å². The van der Waals surface area contributed by atoms with Gasteiger partial charge in [0.1, 0.15) is 6.04 Å². The molecule has 0 spiro atoms. The van der Waals surface area contributed by atoms with E-state index in [2.05, 4.69) is 10.6 Å². The molecule has 0 saturated carbocycles. The highest BCUT2D eigenvalue weighted by molar-refractivity contribution is 7.80. The lowest BCUT2D eigenvalue weighted by Crippen LogP contribution is -2.44. The second kappa shape index (κ2) is 9.83. The monoisotopic (exact) mass is 493 g/mol. The number of carbonyl (C=O) groups excluding carboxylic acids is 1. The number of halogens is 1. The molecule has 6 nitrogen and oxygen atoms in total. The molecule has 8 heteroatoms. The predicted molar refractivity (Wildman–Crippen MR) is 139 cm³/mol. The molecule has 0 radical (unpaired) electrons. The molecule has 0 saturated heterocycles. The molecular formula is C26H24ClN3O3S. The van der Waals surface area contributed by atoms with Crippen LogP contribution in [0.25, 0.3) is 11.1 Å². The van der Waals surface area contributed by atoms with Crippen LogP contribution >= 0.6 is 23.8 Å². The van der Waals surface area contributed by atoms with E-state index in [1.807, 2.05) is 68.4 Å². The average molecular weight is 494 g/mol. The lowest BCUT2D eigenvalue weighted by atomic mass is 10.00. The van der Waals surface area contributed by atoms with E-state index in [1.54, 1.807) is 12.1 Å². The van der Waals surface area contributed by atoms with Crippen LogP contribution in [0.15, 0.2) is 66.7 Å². The summed E-state index contributed by atoms with van der Waals surface area (Å²) in [6.07, 6.45) is 0. The number of hydrogen-bond donors (Lipinski definition) is 3. The lowest BCUT2D eigenvalue weighted by molar-refractivity contribution is -0.144. The average Bonchev–Trinajstić information content (AvgIpc) is 3.11. The largest absolute Gasteiger partial charge is 0.480 e. The number of carbonyl (C=O) groups is 2. The molecule has 0 fully saturated rings. The maximum absolute atomic E-state index is 13.0. The van der Waals surface area contributed by atoms with E-state index in [-0.39, 0.29) is 11.8 Å². The number of anilines is 2. The van der Waals surface area contributed by atoms with Gasteiger partial charge >= 0.3 is 5.97 Å². The van der Waals surface area contributed by atoms with E-state index in [4.69, 9.17) is 23.8 Å². The molecule has 1 atom stereocenters. The number of aliphatic carboxylic acids is 1. The summed E-state index contributed by atoms with van der Waals surface area (Å²) < 4.78 is 0. The predicted octanol–water partition coefficient (Wildman–Crippen LogP) is 5.88. The van der Waals surface area contributed by atoms with E-state index in [0.29, 0.717) is 22.2 Å². The second-order valence-corrected chi connectivity index (χ2v) is 9.34. The van der Waals surface area contributed by atoms with Gasteiger partial charge < -0.3 is 20.6 Å². The van der Waals surface area contributed by atoms with Crippen molar-refractivity contribution in [1.82, 2.24) is 4.90 Å². The van der Waals surface area contributed by atoms with Gasteiger partial charge in [0.25, 0.3) is 5.91 Å². The van der Waals surface area contributed by atoms with Crippen molar-refractivity contribution >= 4 is 52.2 Å². The minimum absolute atomic E-state index is 0.185. The Morgan fingerprint density at radius 1 is 0.971 bits per heavy atom. The summed E-state index contributed by atoms with van der Waals surface area (Å²) in [4.78, 5) is 26.2. The van der Waals surface area contributed by atoms with E-state index in [9.17, 15) is 14.7 Å². The van der Waals surface area contributed by atoms with Crippen molar-refractivity contribution in [3.05, 3.63) is 82.9 Å². The highest BCUT2D eigenvalue weighted by Gasteiger charge is 2.38. The Bertz CT molecular complexity index is 1240. The third kappa shape index (κ3) is 5.05. The first-order valence-electron chi connectivity index (χ1n) is 10.8. The Kier molecular flexibility index (Phi) is 6.86. The number of fused-ring (bicyclic) bond motifs is 1. The van der Waals surface area contributed by atoms with Crippen molar-refractivity contribution in [2.24, 2.45) is 5.92 Å². The van der Waals surface area contributed by atoms with Crippen LogP contribution in [0.3, 0.4) is 0 Å². The highest BCUT2D eigenvalue weighted by Crippen LogP contribution is 2.31. The third-order valence-electron chi connectivity index (χ3n) is 5.74. The smallest absolute Gasteiger partial charge is 0.326 e.